The molecule has 7 heteroatoms. The summed E-state index contributed by atoms with van der Waals surface area (Å²) in [7, 11) is 0. The number of aromatic nitrogens is 5. The minimum Gasteiger partial charge on any atom is -0.387 e. The lowest BCUT2D eigenvalue weighted by Crippen LogP contribution is -2.14. The maximum absolute atomic E-state index is 10.1. The molecule has 2 N–H and O–H groups in total. The van der Waals surface area contributed by atoms with Crippen LogP contribution < -0.4 is 5.32 Å². The van der Waals surface area contributed by atoms with Crippen LogP contribution in [0.1, 0.15) is 17.2 Å². The number of hydrogen-bond donors (Lipinski definition) is 2. The summed E-state index contributed by atoms with van der Waals surface area (Å²) in [6.07, 6.45) is -0.596. The van der Waals surface area contributed by atoms with Crippen LogP contribution in [0, 0.1) is 6.92 Å². The molecule has 3 aromatic rings. The van der Waals surface area contributed by atoms with E-state index in [1.54, 1.807) is 12.1 Å². The number of aliphatic hydroxyl groups is 1. The zero-order valence-corrected chi connectivity index (χ0v) is 10.9. The summed E-state index contributed by atoms with van der Waals surface area (Å²) < 4.78 is 1.33. The van der Waals surface area contributed by atoms with E-state index in [0.29, 0.717) is 18.0 Å². The minimum atomic E-state index is -0.596. The molecular formula is C13H14N6O. The predicted octanol–water partition coefficient (Wildman–Crippen LogP) is 0.973. The Kier molecular flexibility index (Phi) is 3.26. The Balaban J connectivity index is 1.69. The van der Waals surface area contributed by atoms with E-state index < -0.39 is 6.10 Å². The topological polar surface area (TPSA) is 88.2 Å². The molecule has 1 unspecified atom stereocenters. The first kappa shape index (κ1) is 12.5. The zero-order valence-electron chi connectivity index (χ0n) is 10.9. The van der Waals surface area contributed by atoms with Gasteiger partial charge in [0.1, 0.15) is 5.82 Å². The number of rotatable bonds is 4. The summed E-state index contributed by atoms with van der Waals surface area (Å²) >= 11 is 0. The molecule has 1 atom stereocenters. The fraction of sp³-hybridized carbons (Fsp3) is 0.231. The molecule has 3 rings (SSSR count). The molecule has 0 saturated carbocycles. The van der Waals surface area contributed by atoms with Crippen molar-refractivity contribution in [3.63, 3.8) is 0 Å². The molecule has 0 bridgehead atoms. The second kappa shape index (κ2) is 5.22. The molecule has 0 aliphatic carbocycles. The molecule has 2 heterocycles. The Labute approximate surface area is 115 Å². The van der Waals surface area contributed by atoms with Crippen LogP contribution in [0.5, 0.6) is 0 Å². The number of benzene rings is 1. The first-order chi connectivity index (χ1) is 9.72. The molecular weight excluding hydrogens is 256 g/mol. The van der Waals surface area contributed by atoms with Crippen molar-refractivity contribution < 1.29 is 5.11 Å². The van der Waals surface area contributed by atoms with Gasteiger partial charge >= 0.3 is 0 Å². The van der Waals surface area contributed by atoms with E-state index in [1.807, 2.05) is 31.2 Å². The lowest BCUT2D eigenvalue weighted by molar-refractivity contribution is 0.191. The van der Waals surface area contributed by atoms with Crippen LogP contribution in [0.3, 0.4) is 0 Å². The van der Waals surface area contributed by atoms with Crippen molar-refractivity contribution in [1.29, 1.82) is 0 Å². The van der Waals surface area contributed by atoms with Crippen LogP contribution in [0.4, 0.5) is 5.82 Å². The number of tetrazole rings is 1. The lowest BCUT2D eigenvalue weighted by atomic mass is 10.1. The van der Waals surface area contributed by atoms with Crippen LogP contribution in [0.25, 0.3) is 5.65 Å². The number of nitrogens with zero attached hydrogens (tertiary/aromatic N) is 5. The van der Waals surface area contributed by atoms with Gasteiger partial charge < -0.3 is 10.4 Å². The summed E-state index contributed by atoms with van der Waals surface area (Å²) in [6.45, 7) is 2.36. The largest absolute Gasteiger partial charge is 0.387 e. The van der Waals surface area contributed by atoms with E-state index in [9.17, 15) is 5.11 Å². The Morgan fingerprint density at radius 1 is 1.30 bits per heavy atom. The Bertz CT molecular complexity index is 725. The van der Waals surface area contributed by atoms with E-state index in [2.05, 4.69) is 25.9 Å². The quantitative estimate of drug-likeness (QED) is 0.734. The highest BCUT2D eigenvalue weighted by molar-refractivity contribution is 5.42. The molecule has 102 valence electrons. The van der Waals surface area contributed by atoms with Crippen LogP contribution >= 0.6 is 0 Å². The van der Waals surface area contributed by atoms with Gasteiger partial charge in [-0.05, 0) is 35.0 Å². The van der Waals surface area contributed by atoms with Gasteiger partial charge in [0.25, 0.3) is 0 Å². The fourth-order valence-corrected chi connectivity index (χ4v) is 1.94. The third-order valence-electron chi connectivity index (χ3n) is 2.97. The summed E-state index contributed by atoms with van der Waals surface area (Å²) in [5, 5.41) is 28.4. The summed E-state index contributed by atoms with van der Waals surface area (Å²) in [6, 6.07) is 11.3. The SMILES string of the molecule is Cc1cccc(C(O)CNc2ccc3nnnn3n2)c1. The number of aryl methyl sites for hydroxylation is 1. The number of nitrogens with one attached hydrogen (secondary N) is 1. The molecule has 0 saturated heterocycles. The first-order valence-electron chi connectivity index (χ1n) is 6.26. The van der Waals surface area contributed by atoms with Gasteiger partial charge in [0.15, 0.2) is 5.65 Å². The van der Waals surface area contributed by atoms with Gasteiger partial charge in [0, 0.05) is 6.54 Å². The average Bonchev–Trinajstić information content (AvgIpc) is 2.92. The molecule has 0 spiro atoms. The standard InChI is InChI=1S/C13H14N6O/c1-9-3-2-4-10(7-9)11(20)8-14-12-5-6-13-15-17-18-19(13)16-12/h2-7,11,20H,8H2,1H3,(H,14,16). The van der Waals surface area contributed by atoms with Gasteiger partial charge in [0.05, 0.1) is 6.10 Å². The van der Waals surface area contributed by atoms with E-state index in [-0.39, 0.29) is 0 Å². The van der Waals surface area contributed by atoms with Gasteiger partial charge in [-0.15, -0.1) is 14.8 Å². The maximum Gasteiger partial charge on any atom is 0.200 e. The van der Waals surface area contributed by atoms with Crippen LogP contribution in [0.2, 0.25) is 0 Å². The second-order valence-corrected chi connectivity index (χ2v) is 4.56. The molecule has 0 aliphatic heterocycles. The number of anilines is 1. The summed E-state index contributed by atoms with van der Waals surface area (Å²) in [4.78, 5) is 0. The van der Waals surface area contributed by atoms with Gasteiger partial charge in [-0.2, -0.15) is 0 Å². The average molecular weight is 270 g/mol. The van der Waals surface area contributed by atoms with Crippen LogP contribution in [0.15, 0.2) is 36.4 Å². The van der Waals surface area contributed by atoms with Gasteiger partial charge in [-0.3, -0.25) is 0 Å². The van der Waals surface area contributed by atoms with Gasteiger partial charge in [-0.1, -0.05) is 29.8 Å². The lowest BCUT2D eigenvalue weighted by Gasteiger charge is -2.13. The fourth-order valence-electron chi connectivity index (χ4n) is 1.94. The molecule has 1 aromatic carbocycles. The highest BCUT2D eigenvalue weighted by atomic mass is 16.3. The van der Waals surface area contributed by atoms with Crippen molar-refractivity contribution >= 4 is 11.5 Å². The molecule has 20 heavy (non-hydrogen) atoms. The van der Waals surface area contributed by atoms with Crippen molar-refractivity contribution in [2.45, 2.75) is 13.0 Å². The van der Waals surface area contributed by atoms with Crippen molar-refractivity contribution in [2.75, 3.05) is 11.9 Å². The van der Waals surface area contributed by atoms with E-state index >= 15 is 0 Å². The van der Waals surface area contributed by atoms with Crippen molar-refractivity contribution in [2.24, 2.45) is 0 Å². The van der Waals surface area contributed by atoms with E-state index in [0.717, 1.165) is 11.1 Å². The van der Waals surface area contributed by atoms with Crippen LogP contribution in [-0.4, -0.2) is 36.9 Å². The first-order valence-corrected chi connectivity index (χ1v) is 6.26. The zero-order chi connectivity index (χ0) is 13.9. The second-order valence-electron chi connectivity index (χ2n) is 4.56. The van der Waals surface area contributed by atoms with Crippen LogP contribution in [-0.2, 0) is 0 Å². The highest BCUT2D eigenvalue weighted by Crippen LogP contribution is 2.15. The molecule has 2 aromatic heterocycles. The molecule has 7 nitrogen and oxygen atoms in total. The Hall–Kier alpha value is -2.54. The smallest absolute Gasteiger partial charge is 0.200 e. The van der Waals surface area contributed by atoms with Gasteiger partial charge in [0.2, 0.25) is 0 Å². The number of hydrogen-bond acceptors (Lipinski definition) is 6. The third kappa shape index (κ3) is 2.57. The maximum atomic E-state index is 10.1. The Morgan fingerprint density at radius 2 is 2.20 bits per heavy atom. The minimum absolute atomic E-state index is 0.365. The Morgan fingerprint density at radius 3 is 3.05 bits per heavy atom. The molecule has 0 fully saturated rings. The van der Waals surface area contributed by atoms with Crippen molar-refractivity contribution in [3.8, 4) is 0 Å². The normalized spacial score (nSPS) is 12.5. The summed E-state index contributed by atoms with van der Waals surface area (Å²) in [5.41, 5.74) is 2.57. The third-order valence-corrected chi connectivity index (χ3v) is 2.97. The predicted molar refractivity (Wildman–Crippen MR) is 73.2 cm³/mol. The molecule has 0 amide bonds. The van der Waals surface area contributed by atoms with E-state index in [1.165, 1.54) is 4.63 Å². The number of fused-ring (bicyclic) bond motifs is 1. The molecule has 0 aliphatic rings. The van der Waals surface area contributed by atoms with Crippen molar-refractivity contribution in [1.82, 2.24) is 25.3 Å². The van der Waals surface area contributed by atoms with Gasteiger partial charge in [-0.25, -0.2) is 0 Å². The molecule has 0 radical (unpaired) electrons. The highest BCUT2D eigenvalue weighted by Gasteiger charge is 2.08. The van der Waals surface area contributed by atoms with E-state index in [4.69, 9.17) is 0 Å². The van der Waals surface area contributed by atoms with Crippen molar-refractivity contribution in [3.05, 3.63) is 47.5 Å². The number of aliphatic hydroxyl groups excluding tert-OH is 1. The monoisotopic (exact) mass is 270 g/mol. The summed E-state index contributed by atoms with van der Waals surface area (Å²) in [5.74, 6) is 0.608.